The molecule has 0 spiro atoms. The summed E-state index contributed by atoms with van der Waals surface area (Å²) in [6.07, 6.45) is -0.490. The summed E-state index contributed by atoms with van der Waals surface area (Å²) in [7, 11) is 0. The molecule has 1 heterocycles. The molecular formula is C17H21IN2O3. The summed E-state index contributed by atoms with van der Waals surface area (Å²) in [6.45, 7) is 5.80. The van der Waals surface area contributed by atoms with E-state index in [-0.39, 0.29) is 6.04 Å². The van der Waals surface area contributed by atoms with Crippen LogP contribution in [0.2, 0.25) is 0 Å². The summed E-state index contributed by atoms with van der Waals surface area (Å²) in [4.78, 5) is 14.1. The zero-order valence-electron chi connectivity index (χ0n) is 13.5. The molecule has 0 saturated heterocycles. The Balaban J connectivity index is 2.33. The SMILES string of the molecule is CC(C)(C)OC(=O)N1Cc2cc(C#N)ccc2C[C@H]1[C@H](O)CI. The molecule has 0 radical (unpaired) electrons. The lowest BCUT2D eigenvalue weighted by Gasteiger charge is -2.39. The maximum atomic E-state index is 12.5. The summed E-state index contributed by atoms with van der Waals surface area (Å²) in [5.74, 6) is 0. The molecule has 6 heteroatoms. The number of carbonyl (C=O) groups is 1. The van der Waals surface area contributed by atoms with Gasteiger partial charge in [0.2, 0.25) is 0 Å². The molecule has 1 aromatic carbocycles. The number of nitrogens with zero attached hydrogens (tertiary/aromatic N) is 2. The van der Waals surface area contributed by atoms with Crippen molar-refractivity contribution in [1.29, 1.82) is 5.26 Å². The van der Waals surface area contributed by atoms with Gasteiger partial charge in [-0.3, -0.25) is 4.90 Å². The van der Waals surface area contributed by atoms with E-state index in [4.69, 9.17) is 10.00 Å². The quantitative estimate of drug-likeness (QED) is 0.581. The summed E-state index contributed by atoms with van der Waals surface area (Å²) in [5.41, 5.74) is 1.98. The number of alkyl halides is 1. The first kappa shape index (κ1) is 18.0. The topological polar surface area (TPSA) is 73.6 Å². The molecule has 2 rings (SSSR count). The summed E-state index contributed by atoms with van der Waals surface area (Å²) in [5, 5.41) is 19.4. The van der Waals surface area contributed by atoms with E-state index < -0.39 is 17.8 Å². The van der Waals surface area contributed by atoms with Crippen LogP contribution in [0.4, 0.5) is 4.79 Å². The zero-order chi connectivity index (χ0) is 17.2. The van der Waals surface area contributed by atoms with Crippen LogP contribution in [0.15, 0.2) is 18.2 Å². The minimum atomic E-state index is -0.619. The van der Waals surface area contributed by atoms with Crippen molar-refractivity contribution in [3.05, 3.63) is 34.9 Å². The maximum absolute atomic E-state index is 12.5. The Kier molecular flexibility index (Phi) is 5.53. The van der Waals surface area contributed by atoms with E-state index in [1.807, 2.05) is 26.8 Å². The van der Waals surface area contributed by atoms with E-state index in [0.717, 1.165) is 11.1 Å². The van der Waals surface area contributed by atoms with Crippen molar-refractivity contribution in [3.8, 4) is 6.07 Å². The predicted molar refractivity (Wildman–Crippen MR) is 95.3 cm³/mol. The van der Waals surface area contributed by atoms with Crippen LogP contribution >= 0.6 is 22.6 Å². The van der Waals surface area contributed by atoms with Crippen LogP contribution in [0, 0.1) is 11.3 Å². The van der Waals surface area contributed by atoms with E-state index in [9.17, 15) is 9.90 Å². The molecule has 1 aliphatic rings. The number of ether oxygens (including phenoxy) is 1. The van der Waals surface area contributed by atoms with Gasteiger partial charge < -0.3 is 9.84 Å². The molecule has 1 aliphatic heterocycles. The number of carbonyl (C=O) groups excluding carboxylic acids is 1. The van der Waals surface area contributed by atoms with Gasteiger partial charge in [-0.25, -0.2) is 4.79 Å². The molecule has 5 nitrogen and oxygen atoms in total. The monoisotopic (exact) mass is 428 g/mol. The third-order valence-electron chi connectivity index (χ3n) is 3.74. The smallest absolute Gasteiger partial charge is 0.410 e. The van der Waals surface area contributed by atoms with E-state index >= 15 is 0 Å². The molecule has 0 fully saturated rings. The normalized spacial score (nSPS) is 18.8. The van der Waals surface area contributed by atoms with Crippen molar-refractivity contribution in [1.82, 2.24) is 4.90 Å². The lowest BCUT2D eigenvalue weighted by Crippen LogP contribution is -2.52. The van der Waals surface area contributed by atoms with Crippen molar-refractivity contribution in [2.45, 2.75) is 51.5 Å². The number of hydrogen-bond donors (Lipinski definition) is 1. The number of aliphatic hydroxyl groups is 1. The Morgan fingerprint density at radius 2 is 2.22 bits per heavy atom. The number of hydrogen-bond acceptors (Lipinski definition) is 4. The second-order valence-corrected chi connectivity index (χ2v) is 7.58. The van der Waals surface area contributed by atoms with Gasteiger partial charge in [0.15, 0.2) is 0 Å². The van der Waals surface area contributed by atoms with Crippen LogP contribution < -0.4 is 0 Å². The minimum Gasteiger partial charge on any atom is -0.444 e. The highest BCUT2D eigenvalue weighted by molar-refractivity contribution is 14.1. The van der Waals surface area contributed by atoms with Gasteiger partial charge in [-0.15, -0.1) is 0 Å². The second-order valence-electron chi connectivity index (χ2n) is 6.70. The molecule has 1 amide bonds. The number of halogens is 1. The van der Waals surface area contributed by atoms with Crippen LogP contribution in [0.25, 0.3) is 0 Å². The maximum Gasteiger partial charge on any atom is 0.410 e. The number of amides is 1. The van der Waals surface area contributed by atoms with Gasteiger partial charge in [0.25, 0.3) is 0 Å². The first-order chi connectivity index (χ1) is 10.7. The Hall–Kier alpha value is -1.33. The standard InChI is InChI=1S/C17H21IN2O3/c1-17(2,3)23-16(22)20-10-13-6-11(9-19)4-5-12(13)7-14(20)15(21)8-18/h4-6,14-15,21H,7-8,10H2,1-3H3/t14-,15+/m0/s1. The molecular weight excluding hydrogens is 407 g/mol. The first-order valence-corrected chi connectivity index (χ1v) is 9.03. The van der Waals surface area contributed by atoms with Crippen LogP contribution in [0.1, 0.15) is 37.5 Å². The fraction of sp³-hybridized carbons (Fsp3) is 0.529. The van der Waals surface area contributed by atoms with Gasteiger partial charge in [0.05, 0.1) is 23.8 Å². The first-order valence-electron chi connectivity index (χ1n) is 7.50. The number of benzene rings is 1. The van der Waals surface area contributed by atoms with E-state index in [2.05, 4.69) is 28.7 Å². The predicted octanol–water partition coefficient (Wildman–Crippen LogP) is 3.02. The zero-order valence-corrected chi connectivity index (χ0v) is 15.7. The molecule has 23 heavy (non-hydrogen) atoms. The van der Waals surface area contributed by atoms with Crippen molar-refractivity contribution in [2.75, 3.05) is 4.43 Å². The Morgan fingerprint density at radius 1 is 1.52 bits per heavy atom. The highest BCUT2D eigenvalue weighted by Crippen LogP contribution is 2.28. The molecule has 2 atom stereocenters. The van der Waals surface area contributed by atoms with E-state index in [0.29, 0.717) is 23.0 Å². The van der Waals surface area contributed by atoms with Gasteiger partial charge in [-0.2, -0.15) is 5.26 Å². The number of aliphatic hydroxyl groups excluding tert-OH is 1. The van der Waals surface area contributed by atoms with Gasteiger partial charge >= 0.3 is 6.09 Å². The molecule has 124 valence electrons. The molecule has 1 N–H and O–H groups in total. The van der Waals surface area contributed by atoms with Crippen LogP contribution in [0.5, 0.6) is 0 Å². The third-order valence-corrected chi connectivity index (χ3v) is 4.64. The van der Waals surface area contributed by atoms with Crippen LogP contribution in [0.3, 0.4) is 0 Å². The summed E-state index contributed by atoms with van der Waals surface area (Å²) < 4.78 is 6.02. The average Bonchev–Trinajstić information content (AvgIpc) is 2.50. The second kappa shape index (κ2) is 7.05. The van der Waals surface area contributed by atoms with Crippen LogP contribution in [-0.4, -0.2) is 38.3 Å². The highest BCUT2D eigenvalue weighted by Gasteiger charge is 2.36. The van der Waals surface area contributed by atoms with Crippen molar-refractivity contribution < 1.29 is 14.6 Å². The number of fused-ring (bicyclic) bond motifs is 1. The summed E-state index contributed by atoms with van der Waals surface area (Å²) in [6, 6.07) is 7.29. The Morgan fingerprint density at radius 3 is 2.78 bits per heavy atom. The molecule has 1 aromatic rings. The van der Waals surface area contributed by atoms with Gasteiger partial charge in [0.1, 0.15) is 5.60 Å². The van der Waals surface area contributed by atoms with E-state index in [1.54, 1.807) is 17.0 Å². The third kappa shape index (κ3) is 4.36. The van der Waals surface area contributed by atoms with Gasteiger partial charge in [-0.1, -0.05) is 28.7 Å². The molecule has 0 aromatic heterocycles. The minimum absolute atomic E-state index is 0.317. The average molecular weight is 428 g/mol. The fourth-order valence-corrected chi connectivity index (χ4v) is 3.23. The Bertz CT molecular complexity index is 634. The van der Waals surface area contributed by atoms with Crippen molar-refractivity contribution >= 4 is 28.7 Å². The molecule has 0 unspecified atom stereocenters. The van der Waals surface area contributed by atoms with Crippen LogP contribution in [-0.2, 0) is 17.7 Å². The lowest BCUT2D eigenvalue weighted by molar-refractivity contribution is -0.00716. The largest absolute Gasteiger partial charge is 0.444 e. The highest BCUT2D eigenvalue weighted by atomic mass is 127. The molecule has 0 aliphatic carbocycles. The molecule has 0 saturated carbocycles. The van der Waals surface area contributed by atoms with Crippen molar-refractivity contribution in [2.24, 2.45) is 0 Å². The van der Waals surface area contributed by atoms with E-state index in [1.165, 1.54) is 0 Å². The van der Waals surface area contributed by atoms with Gasteiger partial charge in [-0.05, 0) is 50.5 Å². The number of rotatable bonds is 2. The summed E-state index contributed by atoms with van der Waals surface area (Å²) >= 11 is 2.12. The Labute approximate surface area is 150 Å². The van der Waals surface area contributed by atoms with Crippen molar-refractivity contribution in [3.63, 3.8) is 0 Å². The van der Waals surface area contributed by atoms with Gasteiger partial charge in [0, 0.05) is 11.0 Å². The lowest BCUT2D eigenvalue weighted by atomic mass is 9.90. The number of nitriles is 1. The fourth-order valence-electron chi connectivity index (χ4n) is 2.65. The molecule has 0 bridgehead atoms.